The van der Waals surface area contributed by atoms with E-state index < -0.39 is 12.2 Å². The van der Waals surface area contributed by atoms with Gasteiger partial charge in [0.25, 0.3) is 0 Å². The van der Waals surface area contributed by atoms with Crippen LogP contribution >= 0.6 is 0 Å². The van der Waals surface area contributed by atoms with Crippen molar-refractivity contribution in [3.63, 3.8) is 0 Å². The van der Waals surface area contributed by atoms with Crippen LogP contribution in [0.15, 0.2) is 0 Å². The molecular weight excluding hydrogens is 308 g/mol. The quantitative estimate of drug-likeness (QED) is 0.526. The van der Waals surface area contributed by atoms with Crippen LogP contribution in [0.4, 0.5) is 0 Å². The highest BCUT2D eigenvalue weighted by Crippen LogP contribution is 2.19. The maximum atomic E-state index is 11.9. The van der Waals surface area contributed by atoms with Crippen LogP contribution in [0.25, 0.3) is 0 Å². The van der Waals surface area contributed by atoms with E-state index in [-0.39, 0.29) is 23.9 Å². The lowest BCUT2D eigenvalue weighted by Gasteiger charge is -2.28. The average Bonchev–Trinajstić information content (AvgIpc) is 2.56. The zero-order valence-corrected chi connectivity index (χ0v) is 14.5. The lowest BCUT2D eigenvalue weighted by Crippen LogP contribution is -2.45. The first-order valence-electron chi connectivity index (χ1n) is 9.51. The fourth-order valence-electron chi connectivity index (χ4n) is 3.69. The van der Waals surface area contributed by atoms with Crippen molar-refractivity contribution in [2.24, 2.45) is 0 Å². The Kier molecular flexibility index (Phi) is 7.99. The van der Waals surface area contributed by atoms with Crippen LogP contribution < -0.4 is 10.6 Å². The van der Waals surface area contributed by atoms with Crippen molar-refractivity contribution in [3.8, 4) is 0 Å². The van der Waals surface area contributed by atoms with Crippen molar-refractivity contribution < 1.29 is 19.8 Å². The van der Waals surface area contributed by atoms with Gasteiger partial charge in [0, 0.05) is 12.8 Å². The van der Waals surface area contributed by atoms with E-state index in [1.54, 1.807) is 0 Å². The number of unbranched alkanes of at least 4 members (excludes halogenated alkanes) is 1. The lowest BCUT2D eigenvalue weighted by atomic mass is 9.92. The molecule has 2 fully saturated rings. The molecule has 0 heterocycles. The number of amides is 2. The first-order chi connectivity index (χ1) is 11.6. The Morgan fingerprint density at radius 2 is 1.08 bits per heavy atom. The van der Waals surface area contributed by atoms with E-state index in [2.05, 4.69) is 10.6 Å². The zero-order chi connectivity index (χ0) is 17.4. The maximum Gasteiger partial charge on any atom is 0.220 e. The maximum absolute atomic E-state index is 11.9. The highest BCUT2D eigenvalue weighted by Gasteiger charge is 2.25. The van der Waals surface area contributed by atoms with E-state index in [1.807, 2.05) is 0 Å². The fourth-order valence-corrected chi connectivity index (χ4v) is 3.69. The summed E-state index contributed by atoms with van der Waals surface area (Å²) in [5.74, 6) is -0.0758. The second-order valence-corrected chi connectivity index (χ2v) is 7.26. The van der Waals surface area contributed by atoms with E-state index in [0.29, 0.717) is 25.7 Å². The summed E-state index contributed by atoms with van der Waals surface area (Å²) < 4.78 is 0. The third-order valence-electron chi connectivity index (χ3n) is 5.21. The van der Waals surface area contributed by atoms with Crippen LogP contribution in [0.5, 0.6) is 0 Å². The van der Waals surface area contributed by atoms with E-state index in [9.17, 15) is 19.8 Å². The average molecular weight is 340 g/mol. The molecule has 2 rings (SSSR count). The van der Waals surface area contributed by atoms with Gasteiger partial charge in [0.2, 0.25) is 11.8 Å². The van der Waals surface area contributed by atoms with E-state index in [4.69, 9.17) is 0 Å². The highest BCUT2D eigenvalue weighted by molar-refractivity contribution is 5.77. The third kappa shape index (κ3) is 6.40. The van der Waals surface area contributed by atoms with Gasteiger partial charge < -0.3 is 20.8 Å². The zero-order valence-electron chi connectivity index (χ0n) is 14.5. The number of rotatable bonds is 7. The van der Waals surface area contributed by atoms with Gasteiger partial charge in [-0.05, 0) is 38.5 Å². The van der Waals surface area contributed by atoms with Gasteiger partial charge in [-0.1, -0.05) is 25.7 Å². The molecule has 0 spiro atoms. The molecule has 24 heavy (non-hydrogen) atoms. The molecule has 6 nitrogen and oxygen atoms in total. The molecule has 4 N–H and O–H groups in total. The van der Waals surface area contributed by atoms with E-state index in [1.165, 1.54) is 0 Å². The van der Waals surface area contributed by atoms with Crippen LogP contribution in [0.3, 0.4) is 0 Å². The molecule has 138 valence electrons. The van der Waals surface area contributed by atoms with Crippen LogP contribution in [-0.2, 0) is 9.59 Å². The molecule has 0 aliphatic heterocycles. The SMILES string of the molecule is O=C(CCCCC(=O)N[C@@H]1CCCC[C@@H]1O)N[C@H]1CCCC[C@@H]1O. The van der Waals surface area contributed by atoms with Gasteiger partial charge in [-0.2, -0.15) is 0 Å². The van der Waals surface area contributed by atoms with Gasteiger partial charge in [-0.3, -0.25) is 9.59 Å². The molecule has 4 atom stereocenters. The molecule has 0 radical (unpaired) electrons. The summed E-state index contributed by atoms with van der Waals surface area (Å²) in [6.45, 7) is 0. The molecule has 0 aromatic heterocycles. The first kappa shape index (κ1) is 19.2. The molecule has 2 aliphatic carbocycles. The Morgan fingerprint density at radius 1 is 0.708 bits per heavy atom. The Labute approximate surface area is 144 Å². The largest absolute Gasteiger partial charge is 0.391 e. The minimum absolute atomic E-state index is 0.0379. The number of carbonyl (C=O) groups excluding carboxylic acids is 2. The number of hydrogen-bond acceptors (Lipinski definition) is 4. The van der Waals surface area contributed by atoms with Gasteiger partial charge in [0.05, 0.1) is 24.3 Å². The van der Waals surface area contributed by atoms with Crippen LogP contribution in [-0.4, -0.2) is 46.3 Å². The standard InChI is InChI=1S/C18H32N2O4/c21-15-9-3-1-7-13(15)19-17(23)11-5-6-12-18(24)20-14-8-2-4-10-16(14)22/h13-16,21-22H,1-12H2,(H,19,23)(H,20,24)/t13-,14+,15-,16-/m0/s1. The molecule has 0 unspecified atom stereocenters. The number of nitrogens with one attached hydrogen (secondary N) is 2. The Balaban J connectivity index is 1.55. The van der Waals surface area contributed by atoms with Gasteiger partial charge in [-0.15, -0.1) is 0 Å². The molecule has 0 bridgehead atoms. The summed E-state index contributed by atoms with van der Waals surface area (Å²) in [4.78, 5) is 23.8. The topological polar surface area (TPSA) is 98.7 Å². The summed E-state index contributed by atoms with van der Waals surface area (Å²) in [5, 5.41) is 25.5. The molecule has 6 heteroatoms. The second-order valence-electron chi connectivity index (χ2n) is 7.26. The van der Waals surface area contributed by atoms with Crippen molar-refractivity contribution in [2.45, 2.75) is 101 Å². The van der Waals surface area contributed by atoms with E-state index >= 15 is 0 Å². The van der Waals surface area contributed by atoms with Crippen molar-refractivity contribution >= 4 is 11.8 Å². The summed E-state index contributed by atoms with van der Waals surface area (Å²) in [5.41, 5.74) is 0. The molecule has 2 aliphatic rings. The van der Waals surface area contributed by atoms with Crippen LogP contribution in [0.2, 0.25) is 0 Å². The first-order valence-corrected chi connectivity index (χ1v) is 9.51. The normalized spacial score (nSPS) is 30.6. The Morgan fingerprint density at radius 3 is 1.46 bits per heavy atom. The lowest BCUT2D eigenvalue weighted by molar-refractivity contribution is -0.124. The second kappa shape index (κ2) is 9.99. The summed E-state index contributed by atoms with van der Waals surface area (Å²) in [6, 6.07) is -0.218. The monoisotopic (exact) mass is 340 g/mol. The predicted molar refractivity (Wildman–Crippen MR) is 91.3 cm³/mol. The fraction of sp³-hybridized carbons (Fsp3) is 0.889. The Bertz CT molecular complexity index is 378. The van der Waals surface area contributed by atoms with Crippen LogP contribution in [0, 0.1) is 0 Å². The number of aliphatic hydroxyl groups is 2. The summed E-state index contributed by atoms with van der Waals surface area (Å²) >= 11 is 0. The summed E-state index contributed by atoms with van der Waals surface area (Å²) in [6.07, 6.45) is 8.64. The molecule has 2 saturated carbocycles. The van der Waals surface area contributed by atoms with E-state index in [0.717, 1.165) is 51.4 Å². The Hall–Kier alpha value is -1.14. The predicted octanol–water partition coefficient (Wildman–Crippen LogP) is 1.39. The van der Waals surface area contributed by atoms with Crippen LogP contribution in [0.1, 0.15) is 77.0 Å². The summed E-state index contributed by atoms with van der Waals surface area (Å²) in [7, 11) is 0. The smallest absolute Gasteiger partial charge is 0.220 e. The van der Waals surface area contributed by atoms with Gasteiger partial charge in [0.15, 0.2) is 0 Å². The van der Waals surface area contributed by atoms with Gasteiger partial charge in [-0.25, -0.2) is 0 Å². The van der Waals surface area contributed by atoms with Crippen molar-refractivity contribution in [3.05, 3.63) is 0 Å². The molecule has 2 amide bonds. The minimum atomic E-state index is -0.421. The third-order valence-corrected chi connectivity index (χ3v) is 5.21. The van der Waals surface area contributed by atoms with Crippen molar-refractivity contribution in [1.82, 2.24) is 10.6 Å². The van der Waals surface area contributed by atoms with Crippen molar-refractivity contribution in [2.75, 3.05) is 0 Å². The molecular formula is C18H32N2O4. The number of hydrogen-bond donors (Lipinski definition) is 4. The highest BCUT2D eigenvalue weighted by atomic mass is 16.3. The van der Waals surface area contributed by atoms with Crippen molar-refractivity contribution in [1.29, 1.82) is 0 Å². The molecule has 0 aromatic rings. The van der Waals surface area contributed by atoms with Gasteiger partial charge >= 0.3 is 0 Å². The number of carbonyl (C=O) groups is 2. The molecule has 0 saturated heterocycles. The molecule has 0 aromatic carbocycles. The minimum Gasteiger partial charge on any atom is -0.391 e. The van der Waals surface area contributed by atoms with Gasteiger partial charge in [0.1, 0.15) is 0 Å². The number of aliphatic hydroxyl groups excluding tert-OH is 2.